The van der Waals surface area contributed by atoms with Crippen molar-refractivity contribution in [2.24, 2.45) is 27.9 Å². The molecule has 196 valence electrons. The lowest BCUT2D eigenvalue weighted by molar-refractivity contribution is -0.192. The number of amides is 1. The second kappa shape index (κ2) is 13.1. The van der Waals surface area contributed by atoms with Gasteiger partial charge in [-0.3, -0.25) is 14.6 Å². The summed E-state index contributed by atoms with van der Waals surface area (Å²) in [6, 6.07) is 13.5. The number of alkyl halides is 3. The SMILES string of the molecule is NC(=O)[C@@](N)(CCCN=C(N)N)C(=O)C(c1ccc(Cl)cc1)c1ccc(Cl)cc1.O=C(O)C(F)(F)F. The Kier molecular flexibility index (Phi) is 11.2. The Balaban J connectivity index is 0.000000809. The molecule has 0 bridgehead atoms. The van der Waals surface area contributed by atoms with Crippen molar-refractivity contribution in [1.82, 2.24) is 0 Å². The van der Waals surface area contributed by atoms with Gasteiger partial charge in [-0.2, -0.15) is 13.2 Å². The van der Waals surface area contributed by atoms with E-state index in [0.29, 0.717) is 27.6 Å². The van der Waals surface area contributed by atoms with E-state index in [1.54, 1.807) is 48.5 Å². The highest BCUT2D eigenvalue weighted by molar-refractivity contribution is 6.31. The number of benzene rings is 2. The predicted octanol–water partition coefficient (Wildman–Crippen LogP) is 2.56. The molecule has 0 aliphatic carbocycles. The molecule has 0 saturated heterocycles. The van der Waals surface area contributed by atoms with E-state index in [2.05, 4.69) is 4.99 Å². The zero-order chi connectivity index (χ0) is 27.7. The topological polar surface area (TPSA) is 188 Å². The van der Waals surface area contributed by atoms with Gasteiger partial charge in [-0.1, -0.05) is 47.5 Å². The quantitative estimate of drug-likeness (QED) is 0.137. The fraction of sp³-hybridized carbons (Fsp3) is 0.273. The highest BCUT2D eigenvalue weighted by Crippen LogP contribution is 2.32. The van der Waals surface area contributed by atoms with Crippen molar-refractivity contribution in [2.75, 3.05) is 6.54 Å². The number of hydrogen-bond acceptors (Lipinski definition) is 5. The van der Waals surface area contributed by atoms with Gasteiger partial charge in [-0.15, -0.1) is 0 Å². The monoisotopic (exact) mass is 549 g/mol. The van der Waals surface area contributed by atoms with Crippen LogP contribution in [0.25, 0.3) is 0 Å². The van der Waals surface area contributed by atoms with Crippen LogP contribution in [0.3, 0.4) is 0 Å². The summed E-state index contributed by atoms with van der Waals surface area (Å²) in [6.45, 7) is 0.217. The van der Waals surface area contributed by atoms with Gasteiger partial charge in [0, 0.05) is 16.6 Å². The second-order valence-electron chi connectivity index (χ2n) is 7.45. The van der Waals surface area contributed by atoms with E-state index < -0.39 is 35.3 Å². The highest BCUT2D eigenvalue weighted by atomic mass is 35.5. The number of aliphatic imine (C=N–C) groups is 1. The molecule has 0 heterocycles. The zero-order valence-corrected chi connectivity index (χ0v) is 20.1. The molecular formula is C22H24Cl2F3N5O4. The minimum atomic E-state index is -5.08. The van der Waals surface area contributed by atoms with Crippen molar-refractivity contribution in [2.45, 2.75) is 30.5 Å². The molecule has 9 N–H and O–H groups in total. The average Bonchev–Trinajstić information content (AvgIpc) is 2.78. The van der Waals surface area contributed by atoms with Crippen LogP contribution >= 0.6 is 23.2 Å². The van der Waals surface area contributed by atoms with Gasteiger partial charge >= 0.3 is 12.1 Å². The standard InChI is InChI=1S/C20H23Cl2N5O2.C2HF3O2/c21-14-6-2-12(3-7-14)16(13-4-8-15(22)9-5-13)17(28)20(26,18(23)29)10-1-11-27-19(24)25;3-2(4,5)1(6)7/h2-9,16H,1,10-11,26H2,(H2,23,29)(H4,24,25,27);(H,6,7)/t20-;/m1./s1. The third-order valence-electron chi connectivity index (χ3n) is 4.81. The van der Waals surface area contributed by atoms with E-state index in [9.17, 15) is 22.8 Å². The number of guanidine groups is 1. The van der Waals surface area contributed by atoms with Crippen molar-refractivity contribution >= 4 is 46.8 Å². The van der Waals surface area contributed by atoms with Gasteiger partial charge in [-0.25, -0.2) is 4.79 Å². The van der Waals surface area contributed by atoms with Gasteiger partial charge < -0.3 is 28.0 Å². The van der Waals surface area contributed by atoms with E-state index >= 15 is 0 Å². The zero-order valence-electron chi connectivity index (χ0n) is 18.6. The molecule has 2 aromatic carbocycles. The van der Waals surface area contributed by atoms with Crippen molar-refractivity contribution in [3.8, 4) is 0 Å². The molecule has 0 aliphatic heterocycles. The van der Waals surface area contributed by atoms with Crippen LogP contribution in [0.2, 0.25) is 10.0 Å². The van der Waals surface area contributed by atoms with E-state index in [1.807, 2.05) is 0 Å². The summed E-state index contributed by atoms with van der Waals surface area (Å²) in [5, 5.41) is 8.16. The average molecular weight is 550 g/mol. The maximum Gasteiger partial charge on any atom is 0.490 e. The summed E-state index contributed by atoms with van der Waals surface area (Å²) in [7, 11) is 0. The molecule has 1 amide bonds. The van der Waals surface area contributed by atoms with E-state index in [0.717, 1.165) is 0 Å². The lowest BCUT2D eigenvalue weighted by Gasteiger charge is -2.29. The number of halogens is 5. The number of nitrogens with two attached hydrogens (primary N) is 4. The Bertz CT molecular complexity index is 1050. The number of primary amides is 1. The molecule has 0 aliphatic rings. The number of hydrogen-bond donors (Lipinski definition) is 5. The number of nitrogens with zero attached hydrogens (tertiary/aromatic N) is 1. The molecule has 1 atom stereocenters. The molecule has 36 heavy (non-hydrogen) atoms. The predicted molar refractivity (Wildman–Crippen MR) is 129 cm³/mol. The Morgan fingerprint density at radius 2 is 1.28 bits per heavy atom. The fourth-order valence-electron chi connectivity index (χ4n) is 3.00. The summed E-state index contributed by atoms with van der Waals surface area (Å²) in [4.78, 5) is 38.5. The van der Waals surface area contributed by atoms with Crippen molar-refractivity contribution < 1.29 is 32.7 Å². The Morgan fingerprint density at radius 1 is 0.889 bits per heavy atom. The largest absolute Gasteiger partial charge is 0.490 e. The number of aliphatic carboxylic acids is 1. The molecule has 14 heteroatoms. The van der Waals surface area contributed by atoms with Crippen LogP contribution in [0.15, 0.2) is 53.5 Å². The number of carbonyl (C=O) groups is 3. The molecular weight excluding hydrogens is 526 g/mol. The molecule has 0 spiro atoms. The number of ketones is 1. The number of Topliss-reactive ketones (excluding diaryl/α,β-unsaturated/α-hetero) is 1. The number of carboxylic acid groups (broad SMARTS) is 1. The third kappa shape index (κ3) is 9.02. The van der Waals surface area contributed by atoms with E-state index in [1.165, 1.54) is 0 Å². The molecule has 2 aromatic rings. The summed E-state index contributed by atoms with van der Waals surface area (Å²) < 4.78 is 31.7. The van der Waals surface area contributed by atoms with Crippen molar-refractivity contribution in [1.29, 1.82) is 0 Å². The van der Waals surface area contributed by atoms with Crippen LogP contribution in [0.1, 0.15) is 29.9 Å². The minimum absolute atomic E-state index is 0.00434. The Morgan fingerprint density at radius 3 is 1.58 bits per heavy atom. The minimum Gasteiger partial charge on any atom is -0.475 e. The maximum absolute atomic E-state index is 13.5. The first kappa shape index (κ1) is 30.7. The van der Waals surface area contributed by atoms with Crippen LogP contribution in [0.4, 0.5) is 13.2 Å². The smallest absolute Gasteiger partial charge is 0.475 e. The van der Waals surface area contributed by atoms with Crippen LogP contribution in [0.5, 0.6) is 0 Å². The molecule has 0 radical (unpaired) electrons. The van der Waals surface area contributed by atoms with Crippen LogP contribution < -0.4 is 22.9 Å². The van der Waals surface area contributed by atoms with Gasteiger partial charge in [0.05, 0.1) is 5.92 Å². The highest BCUT2D eigenvalue weighted by Gasteiger charge is 2.44. The van der Waals surface area contributed by atoms with Gasteiger partial charge in [0.25, 0.3) is 0 Å². The van der Waals surface area contributed by atoms with Crippen LogP contribution in [-0.2, 0) is 14.4 Å². The lowest BCUT2D eigenvalue weighted by Crippen LogP contribution is -2.59. The number of rotatable bonds is 9. The Hall–Kier alpha value is -3.35. The van der Waals surface area contributed by atoms with Crippen molar-refractivity contribution in [3.63, 3.8) is 0 Å². The number of carboxylic acids is 1. The summed E-state index contributed by atoms with van der Waals surface area (Å²) >= 11 is 12.0. The third-order valence-corrected chi connectivity index (χ3v) is 5.32. The molecule has 2 rings (SSSR count). The van der Waals surface area contributed by atoms with Crippen LogP contribution in [0, 0.1) is 0 Å². The summed E-state index contributed by atoms with van der Waals surface area (Å²) in [5.74, 6) is -5.12. The molecule has 0 aromatic heterocycles. The molecule has 0 saturated carbocycles. The van der Waals surface area contributed by atoms with Crippen molar-refractivity contribution in [3.05, 3.63) is 69.7 Å². The molecule has 9 nitrogen and oxygen atoms in total. The van der Waals surface area contributed by atoms with E-state index in [-0.39, 0.29) is 18.9 Å². The van der Waals surface area contributed by atoms with Gasteiger partial charge in [0.1, 0.15) is 0 Å². The van der Waals surface area contributed by atoms with Gasteiger partial charge in [0.2, 0.25) is 5.91 Å². The van der Waals surface area contributed by atoms with E-state index in [4.69, 9.17) is 56.0 Å². The summed E-state index contributed by atoms with van der Waals surface area (Å²) in [5.41, 5.74) is 21.8. The van der Waals surface area contributed by atoms with Crippen LogP contribution in [-0.4, -0.2) is 47.0 Å². The number of carbonyl (C=O) groups excluding carboxylic acids is 2. The first-order valence-electron chi connectivity index (χ1n) is 10.1. The first-order chi connectivity index (χ1) is 16.6. The normalized spacial score (nSPS) is 12.6. The first-order valence-corrected chi connectivity index (χ1v) is 10.8. The van der Waals surface area contributed by atoms with Gasteiger partial charge in [-0.05, 0) is 48.2 Å². The molecule has 0 fully saturated rings. The van der Waals surface area contributed by atoms with Gasteiger partial charge in [0.15, 0.2) is 17.3 Å². The second-order valence-corrected chi connectivity index (χ2v) is 8.32. The molecule has 0 unspecified atom stereocenters. The summed E-state index contributed by atoms with van der Waals surface area (Å²) in [6.07, 6.45) is -4.79. The maximum atomic E-state index is 13.5. The fourth-order valence-corrected chi connectivity index (χ4v) is 3.25. The Labute approximate surface area is 214 Å². The lowest BCUT2D eigenvalue weighted by atomic mass is 9.76.